The number of aryl methyl sites for hydroxylation is 2. The maximum absolute atomic E-state index is 12.4. The quantitative estimate of drug-likeness (QED) is 0.305. The van der Waals surface area contributed by atoms with E-state index in [2.05, 4.69) is 14.7 Å². The van der Waals surface area contributed by atoms with Crippen molar-refractivity contribution < 1.29 is 22.7 Å². The number of hydrogen-bond donors (Lipinski definition) is 2. The lowest BCUT2D eigenvalue weighted by atomic mass is 10.2. The van der Waals surface area contributed by atoms with Crippen LogP contribution in [-0.4, -0.2) is 45.8 Å². The molecule has 0 aliphatic heterocycles. The summed E-state index contributed by atoms with van der Waals surface area (Å²) in [6.45, 7) is 2.73. The third-order valence-electron chi connectivity index (χ3n) is 5.18. The zero-order chi connectivity index (χ0) is 25.0. The van der Waals surface area contributed by atoms with Crippen molar-refractivity contribution in [3.63, 3.8) is 0 Å². The van der Waals surface area contributed by atoms with Gasteiger partial charge in [0.15, 0.2) is 16.9 Å². The van der Waals surface area contributed by atoms with E-state index in [-0.39, 0.29) is 34.3 Å². The van der Waals surface area contributed by atoms with Crippen LogP contribution in [0.5, 0.6) is 0 Å². The fourth-order valence-corrected chi connectivity index (χ4v) is 4.22. The highest BCUT2D eigenvalue weighted by Gasteiger charge is 2.19. The molecular weight excluding hydrogens is 466 g/mol. The van der Waals surface area contributed by atoms with Gasteiger partial charge in [-0.2, -0.15) is 4.72 Å². The molecule has 0 saturated carbocycles. The van der Waals surface area contributed by atoms with Gasteiger partial charge in [-0.25, -0.2) is 18.2 Å². The minimum Gasteiger partial charge on any atom is -0.457 e. The van der Waals surface area contributed by atoms with Crippen LogP contribution in [0.15, 0.2) is 38.8 Å². The molecule has 1 aromatic carbocycles. The standard InChI is InChI=1S/C21H25N5O7S/c1-4-5-10-26-19-18(20(29)24-21(26)30)25(3)16(23-19)12-33-17(28)11-22-34(31,32)15-8-6-14(7-9-15)13(2)27/h6-9,22H,4-5,10-12H2,1-3H3,(H,24,29,30). The largest absolute Gasteiger partial charge is 0.457 e. The first kappa shape index (κ1) is 25.1. The van der Waals surface area contributed by atoms with Crippen LogP contribution in [0.1, 0.15) is 42.9 Å². The smallest absolute Gasteiger partial charge is 0.330 e. The number of Topliss-reactive ketones (excluding diaryl/α,β-unsaturated/α-hetero) is 1. The number of sulfonamides is 1. The molecule has 0 aliphatic rings. The number of benzene rings is 1. The minimum absolute atomic E-state index is 0.107. The number of hydrogen-bond acceptors (Lipinski definition) is 8. The summed E-state index contributed by atoms with van der Waals surface area (Å²) in [6.07, 6.45) is 1.54. The number of rotatable bonds is 10. The van der Waals surface area contributed by atoms with Crippen molar-refractivity contribution in [2.24, 2.45) is 7.05 Å². The number of carbonyl (C=O) groups excluding carboxylic acids is 2. The van der Waals surface area contributed by atoms with E-state index in [4.69, 9.17) is 4.74 Å². The van der Waals surface area contributed by atoms with E-state index in [0.717, 1.165) is 6.42 Å². The number of aromatic nitrogens is 4. The molecule has 2 aromatic heterocycles. The van der Waals surface area contributed by atoms with Crippen LogP contribution >= 0.6 is 0 Å². The van der Waals surface area contributed by atoms with Crippen LogP contribution in [-0.2, 0) is 39.8 Å². The highest BCUT2D eigenvalue weighted by Crippen LogP contribution is 2.12. The molecule has 3 aromatic rings. The monoisotopic (exact) mass is 491 g/mol. The van der Waals surface area contributed by atoms with E-state index in [1.807, 2.05) is 6.92 Å². The van der Waals surface area contributed by atoms with E-state index >= 15 is 0 Å². The van der Waals surface area contributed by atoms with Crippen molar-refractivity contribution in [3.8, 4) is 0 Å². The summed E-state index contributed by atoms with van der Waals surface area (Å²) in [6, 6.07) is 5.28. The SMILES string of the molecule is CCCCn1c(=O)[nH]c(=O)c2c1nc(COC(=O)CNS(=O)(=O)c1ccc(C(C)=O)cc1)n2C. The molecule has 0 radical (unpaired) electrons. The van der Waals surface area contributed by atoms with E-state index in [1.54, 1.807) is 7.05 Å². The molecule has 0 aliphatic carbocycles. The first-order valence-corrected chi connectivity index (χ1v) is 12.0. The van der Waals surface area contributed by atoms with Crippen LogP contribution in [0.3, 0.4) is 0 Å². The molecule has 13 heteroatoms. The molecule has 3 rings (SSSR count). The summed E-state index contributed by atoms with van der Waals surface area (Å²) in [5.74, 6) is -0.854. The number of nitrogens with one attached hydrogen (secondary N) is 2. The molecule has 12 nitrogen and oxygen atoms in total. The lowest BCUT2D eigenvalue weighted by molar-refractivity contribution is -0.143. The number of ketones is 1. The van der Waals surface area contributed by atoms with Gasteiger partial charge in [-0.1, -0.05) is 25.5 Å². The van der Waals surface area contributed by atoms with Crippen molar-refractivity contribution >= 4 is 32.9 Å². The normalized spacial score (nSPS) is 11.6. The molecular formula is C21H25N5O7S. The Kier molecular flexibility index (Phi) is 7.47. The molecule has 2 N–H and O–H groups in total. The summed E-state index contributed by atoms with van der Waals surface area (Å²) in [4.78, 5) is 54.4. The van der Waals surface area contributed by atoms with Crippen molar-refractivity contribution in [2.45, 2.75) is 44.7 Å². The summed E-state index contributed by atoms with van der Waals surface area (Å²) >= 11 is 0. The van der Waals surface area contributed by atoms with Crippen LogP contribution in [0.4, 0.5) is 0 Å². The Morgan fingerprint density at radius 1 is 1.18 bits per heavy atom. The first-order chi connectivity index (χ1) is 16.0. The molecule has 0 spiro atoms. The van der Waals surface area contributed by atoms with Gasteiger partial charge in [0.25, 0.3) is 5.56 Å². The number of carbonyl (C=O) groups is 2. The lowest BCUT2D eigenvalue weighted by Crippen LogP contribution is -2.31. The van der Waals surface area contributed by atoms with Crippen LogP contribution in [0, 0.1) is 0 Å². The number of ether oxygens (including phenoxy) is 1. The second kappa shape index (κ2) is 10.1. The summed E-state index contributed by atoms with van der Waals surface area (Å²) in [5.41, 5.74) is -0.469. The molecule has 34 heavy (non-hydrogen) atoms. The van der Waals surface area contributed by atoms with E-state index in [9.17, 15) is 27.6 Å². The van der Waals surface area contributed by atoms with Crippen LogP contribution < -0.4 is 16.0 Å². The Morgan fingerprint density at radius 2 is 1.85 bits per heavy atom. The molecule has 0 unspecified atom stereocenters. The Bertz CT molecular complexity index is 1450. The zero-order valence-electron chi connectivity index (χ0n) is 19.0. The average molecular weight is 492 g/mol. The van der Waals surface area contributed by atoms with E-state index < -0.39 is 33.8 Å². The third kappa shape index (κ3) is 5.31. The van der Waals surface area contributed by atoms with Crippen molar-refractivity contribution in [2.75, 3.05) is 6.54 Å². The Morgan fingerprint density at radius 3 is 2.47 bits per heavy atom. The topological polar surface area (TPSA) is 162 Å². The Hall–Kier alpha value is -3.58. The minimum atomic E-state index is -4.00. The molecule has 0 amide bonds. The third-order valence-corrected chi connectivity index (χ3v) is 6.60. The number of nitrogens with zero attached hydrogens (tertiary/aromatic N) is 3. The van der Waals surface area contributed by atoms with E-state index in [1.165, 1.54) is 40.3 Å². The Labute approximate surface area is 194 Å². The Balaban J connectivity index is 1.70. The highest BCUT2D eigenvalue weighted by molar-refractivity contribution is 7.89. The maximum Gasteiger partial charge on any atom is 0.330 e. The fraction of sp³-hybridized carbons (Fsp3) is 0.381. The van der Waals surface area contributed by atoms with Gasteiger partial charge in [-0.3, -0.25) is 23.9 Å². The second-order valence-corrected chi connectivity index (χ2v) is 9.36. The molecule has 0 atom stereocenters. The van der Waals surface area contributed by atoms with Gasteiger partial charge in [-0.05, 0) is 25.5 Å². The van der Waals surface area contributed by atoms with Crippen molar-refractivity contribution in [3.05, 3.63) is 56.5 Å². The van der Waals surface area contributed by atoms with Gasteiger partial charge in [0.05, 0.1) is 4.90 Å². The average Bonchev–Trinajstić information content (AvgIpc) is 3.12. The summed E-state index contributed by atoms with van der Waals surface area (Å²) in [7, 11) is -2.45. The summed E-state index contributed by atoms with van der Waals surface area (Å²) in [5, 5.41) is 0. The lowest BCUT2D eigenvalue weighted by Gasteiger charge is -2.08. The number of imidazole rings is 1. The number of fused-ring (bicyclic) bond motifs is 1. The van der Waals surface area contributed by atoms with Crippen molar-refractivity contribution in [1.82, 2.24) is 23.8 Å². The van der Waals surface area contributed by atoms with Gasteiger partial charge in [0.2, 0.25) is 10.0 Å². The number of H-pyrrole nitrogens is 1. The van der Waals surface area contributed by atoms with E-state index in [0.29, 0.717) is 18.5 Å². The summed E-state index contributed by atoms with van der Waals surface area (Å²) < 4.78 is 34.8. The molecule has 0 saturated heterocycles. The van der Waals surface area contributed by atoms with Crippen LogP contribution in [0.25, 0.3) is 11.2 Å². The number of aromatic amines is 1. The first-order valence-electron chi connectivity index (χ1n) is 10.5. The van der Waals surface area contributed by atoms with Gasteiger partial charge in [0, 0.05) is 19.2 Å². The molecule has 2 heterocycles. The highest BCUT2D eigenvalue weighted by atomic mass is 32.2. The predicted molar refractivity (Wildman–Crippen MR) is 122 cm³/mol. The van der Waals surface area contributed by atoms with Crippen LogP contribution in [0.2, 0.25) is 0 Å². The maximum atomic E-state index is 12.4. The fourth-order valence-electron chi connectivity index (χ4n) is 3.25. The number of esters is 1. The molecule has 182 valence electrons. The molecule has 0 fully saturated rings. The van der Waals surface area contributed by atoms with Crippen molar-refractivity contribution in [1.29, 1.82) is 0 Å². The molecule has 0 bridgehead atoms. The zero-order valence-corrected chi connectivity index (χ0v) is 19.8. The predicted octanol–water partition coefficient (Wildman–Crippen LogP) is 0.448. The second-order valence-electron chi connectivity index (χ2n) is 7.59. The van der Waals surface area contributed by atoms with Gasteiger partial charge >= 0.3 is 11.7 Å². The van der Waals surface area contributed by atoms with Gasteiger partial charge in [-0.15, -0.1) is 0 Å². The van der Waals surface area contributed by atoms with Gasteiger partial charge in [0.1, 0.15) is 19.0 Å². The number of unbranched alkanes of at least 4 members (excludes halogenated alkanes) is 1. The van der Waals surface area contributed by atoms with Gasteiger partial charge < -0.3 is 9.30 Å².